The molecule has 1 heterocycles. The van der Waals surface area contributed by atoms with Gasteiger partial charge in [-0.1, -0.05) is 30.3 Å². The van der Waals surface area contributed by atoms with Gasteiger partial charge in [-0.2, -0.15) is 0 Å². The highest BCUT2D eigenvalue weighted by atomic mass is 32.2. The number of thioether (sulfide) groups is 1. The Hall–Kier alpha value is -3.59. The van der Waals surface area contributed by atoms with E-state index in [1.54, 1.807) is 24.3 Å². The van der Waals surface area contributed by atoms with Gasteiger partial charge in [0.05, 0.1) is 4.91 Å². The van der Waals surface area contributed by atoms with E-state index >= 15 is 0 Å². The van der Waals surface area contributed by atoms with Gasteiger partial charge in [-0.3, -0.25) is 19.3 Å². The first kappa shape index (κ1) is 22.1. The molecule has 160 valence electrons. The maximum Gasteiger partial charge on any atom is 0.341 e. The van der Waals surface area contributed by atoms with E-state index in [2.05, 4.69) is 5.32 Å². The normalized spacial score (nSPS) is 14.8. The lowest BCUT2D eigenvalue weighted by Crippen LogP contribution is -2.36. The van der Waals surface area contributed by atoms with Crippen LogP contribution in [0.4, 0.5) is 10.5 Å². The molecule has 3 rings (SSSR count). The maximum atomic E-state index is 12.6. The molecule has 1 aliphatic heterocycles. The number of aliphatic carboxylic acids is 1. The number of hydrogen-bond donors (Lipinski definition) is 2. The molecule has 3 amide bonds. The topological polar surface area (TPSA) is 113 Å². The number of imide groups is 1. The first-order valence-corrected chi connectivity index (χ1v) is 10.1. The number of hydrogen-bond acceptors (Lipinski definition) is 6. The van der Waals surface area contributed by atoms with Gasteiger partial charge in [0.2, 0.25) is 5.91 Å². The number of rotatable bonds is 7. The molecule has 0 aliphatic carbocycles. The lowest BCUT2D eigenvalue weighted by molar-refractivity contribution is -0.139. The molecule has 0 atom stereocenters. The van der Waals surface area contributed by atoms with E-state index in [9.17, 15) is 19.2 Å². The summed E-state index contributed by atoms with van der Waals surface area (Å²) >= 11 is 0.759. The number of ether oxygens (including phenoxy) is 1. The zero-order valence-corrected chi connectivity index (χ0v) is 17.7. The van der Waals surface area contributed by atoms with Crippen molar-refractivity contribution in [3.05, 3.63) is 64.1 Å². The van der Waals surface area contributed by atoms with E-state index < -0.39 is 29.6 Å². The predicted molar refractivity (Wildman–Crippen MR) is 117 cm³/mol. The van der Waals surface area contributed by atoms with Crippen molar-refractivity contribution in [3.63, 3.8) is 0 Å². The largest absolute Gasteiger partial charge is 0.482 e. The zero-order valence-electron chi connectivity index (χ0n) is 16.9. The van der Waals surface area contributed by atoms with E-state index in [0.717, 1.165) is 27.8 Å². The van der Waals surface area contributed by atoms with E-state index in [1.807, 2.05) is 32.0 Å². The monoisotopic (exact) mass is 440 g/mol. The molecule has 2 aromatic carbocycles. The Morgan fingerprint density at radius 3 is 2.35 bits per heavy atom. The summed E-state index contributed by atoms with van der Waals surface area (Å²) in [6.45, 7) is 2.90. The SMILES string of the molecule is Cc1cccc(C)c1NC(=O)CN1C(=O)S/C(=C/c2ccc(OCC(=O)O)cc2)C1=O. The summed E-state index contributed by atoms with van der Waals surface area (Å²) in [6.07, 6.45) is 1.54. The molecule has 1 aliphatic rings. The Balaban J connectivity index is 1.66. The molecule has 0 bridgehead atoms. The van der Waals surface area contributed by atoms with Crippen LogP contribution in [0.2, 0.25) is 0 Å². The number of nitrogens with zero attached hydrogens (tertiary/aromatic N) is 1. The summed E-state index contributed by atoms with van der Waals surface area (Å²) in [4.78, 5) is 49.0. The van der Waals surface area contributed by atoms with Gasteiger partial charge in [-0.15, -0.1) is 0 Å². The second kappa shape index (κ2) is 9.48. The molecule has 9 heteroatoms. The van der Waals surface area contributed by atoms with Gasteiger partial charge in [0, 0.05) is 5.69 Å². The summed E-state index contributed by atoms with van der Waals surface area (Å²) in [5.74, 6) is -1.71. The Bertz CT molecular complexity index is 1060. The fourth-order valence-electron chi connectivity index (χ4n) is 2.93. The van der Waals surface area contributed by atoms with Gasteiger partial charge in [0.25, 0.3) is 11.1 Å². The maximum absolute atomic E-state index is 12.6. The molecule has 2 aromatic rings. The van der Waals surface area contributed by atoms with E-state index in [4.69, 9.17) is 9.84 Å². The molecule has 0 aromatic heterocycles. The number of nitrogens with one attached hydrogen (secondary N) is 1. The third-order valence-electron chi connectivity index (χ3n) is 4.46. The van der Waals surface area contributed by atoms with E-state index in [-0.39, 0.29) is 11.4 Å². The van der Waals surface area contributed by atoms with E-state index in [0.29, 0.717) is 17.0 Å². The molecule has 2 N–H and O–H groups in total. The average Bonchev–Trinajstić information content (AvgIpc) is 2.97. The highest BCUT2D eigenvalue weighted by molar-refractivity contribution is 8.18. The van der Waals surface area contributed by atoms with Crippen LogP contribution in [-0.4, -0.2) is 46.2 Å². The Morgan fingerprint density at radius 1 is 1.10 bits per heavy atom. The van der Waals surface area contributed by atoms with Crippen LogP contribution in [0.3, 0.4) is 0 Å². The number of carboxylic acid groups (broad SMARTS) is 1. The summed E-state index contributed by atoms with van der Waals surface area (Å²) in [5.41, 5.74) is 3.07. The standard InChI is InChI=1S/C22H20N2O6S/c1-13-4-3-5-14(2)20(13)23-18(25)11-24-21(28)17(31-22(24)29)10-15-6-8-16(9-7-15)30-12-19(26)27/h3-10H,11-12H2,1-2H3,(H,23,25)(H,26,27)/b17-10+. The fourth-order valence-corrected chi connectivity index (χ4v) is 3.77. The van der Waals surface area contributed by atoms with Gasteiger partial charge in [0.15, 0.2) is 6.61 Å². The van der Waals surface area contributed by atoms with Crippen LogP contribution in [0.5, 0.6) is 5.75 Å². The molecule has 31 heavy (non-hydrogen) atoms. The lowest BCUT2D eigenvalue weighted by Gasteiger charge is -2.15. The Kier molecular flexibility index (Phi) is 6.76. The Morgan fingerprint density at radius 2 is 1.74 bits per heavy atom. The van der Waals surface area contributed by atoms with Crippen LogP contribution in [0.1, 0.15) is 16.7 Å². The molecule has 1 fully saturated rings. The minimum absolute atomic E-state index is 0.198. The summed E-state index contributed by atoms with van der Waals surface area (Å²) < 4.78 is 5.06. The number of carboxylic acids is 1. The van der Waals surface area contributed by atoms with Crippen LogP contribution in [0.15, 0.2) is 47.4 Å². The number of carbonyl (C=O) groups excluding carboxylic acids is 3. The number of para-hydroxylation sites is 1. The van der Waals surface area contributed by atoms with Crippen molar-refractivity contribution in [1.82, 2.24) is 4.90 Å². The summed E-state index contributed by atoms with van der Waals surface area (Å²) in [6, 6.07) is 12.0. The minimum atomic E-state index is -1.08. The van der Waals surface area contributed by atoms with Crippen LogP contribution in [0.25, 0.3) is 6.08 Å². The lowest BCUT2D eigenvalue weighted by atomic mass is 10.1. The number of benzene rings is 2. The Labute approximate surface area is 182 Å². The third kappa shape index (κ3) is 5.52. The zero-order chi connectivity index (χ0) is 22.5. The number of aryl methyl sites for hydroxylation is 2. The highest BCUT2D eigenvalue weighted by Gasteiger charge is 2.36. The number of anilines is 1. The van der Waals surface area contributed by atoms with Gasteiger partial charge in [0.1, 0.15) is 12.3 Å². The molecule has 0 spiro atoms. The molecule has 0 radical (unpaired) electrons. The molecule has 0 saturated carbocycles. The van der Waals surface area contributed by atoms with Gasteiger partial charge >= 0.3 is 5.97 Å². The van der Waals surface area contributed by atoms with Crippen molar-refractivity contribution in [2.24, 2.45) is 0 Å². The molecule has 8 nitrogen and oxygen atoms in total. The van der Waals surface area contributed by atoms with Crippen molar-refractivity contribution < 1.29 is 29.0 Å². The molecular formula is C22H20N2O6S. The first-order chi connectivity index (χ1) is 14.7. The predicted octanol–water partition coefficient (Wildman–Crippen LogP) is 3.44. The first-order valence-electron chi connectivity index (χ1n) is 9.30. The average molecular weight is 440 g/mol. The quantitative estimate of drug-likeness (QED) is 0.634. The van der Waals surface area contributed by atoms with E-state index in [1.165, 1.54) is 6.08 Å². The van der Waals surface area contributed by atoms with Gasteiger partial charge < -0.3 is 15.2 Å². The molecule has 0 unspecified atom stereocenters. The fraction of sp³-hybridized carbons (Fsp3) is 0.182. The second-order valence-electron chi connectivity index (χ2n) is 6.83. The van der Waals surface area contributed by atoms with Gasteiger partial charge in [-0.05, 0) is 60.5 Å². The minimum Gasteiger partial charge on any atom is -0.482 e. The third-order valence-corrected chi connectivity index (χ3v) is 5.37. The van der Waals surface area contributed by atoms with Crippen molar-refractivity contribution in [2.45, 2.75) is 13.8 Å². The van der Waals surface area contributed by atoms with Crippen LogP contribution in [0, 0.1) is 13.8 Å². The van der Waals surface area contributed by atoms with Crippen LogP contribution < -0.4 is 10.1 Å². The number of amides is 3. The smallest absolute Gasteiger partial charge is 0.341 e. The molecular weight excluding hydrogens is 420 g/mol. The summed E-state index contributed by atoms with van der Waals surface area (Å²) in [7, 11) is 0. The second-order valence-corrected chi connectivity index (χ2v) is 7.83. The van der Waals surface area contributed by atoms with Gasteiger partial charge in [-0.25, -0.2) is 4.79 Å². The van der Waals surface area contributed by atoms with Crippen molar-refractivity contribution in [1.29, 1.82) is 0 Å². The number of carbonyl (C=O) groups is 4. The van der Waals surface area contributed by atoms with Crippen molar-refractivity contribution in [2.75, 3.05) is 18.5 Å². The van der Waals surface area contributed by atoms with Crippen LogP contribution in [-0.2, 0) is 14.4 Å². The van der Waals surface area contributed by atoms with Crippen molar-refractivity contribution >= 4 is 46.5 Å². The van der Waals surface area contributed by atoms with Crippen molar-refractivity contribution in [3.8, 4) is 5.75 Å². The summed E-state index contributed by atoms with van der Waals surface area (Å²) in [5, 5.41) is 10.9. The van der Waals surface area contributed by atoms with Crippen LogP contribution >= 0.6 is 11.8 Å². The molecule has 1 saturated heterocycles. The highest BCUT2D eigenvalue weighted by Crippen LogP contribution is 2.32.